The van der Waals surface area contributed by atoms with Crippen LogP contribution in [0, 0.1) is 5.92 Å². The van der Waals surface area contributed by atoms with Crippen LogP contribution in [-0.2, 0) is 68.4 Å². The fourth-order valence-electron chi connectivity index (χ4n) is 13.1. The monoisotopic (exact) mass is 1110 g/mol. The van der Waals surface area contributed by atoms with E-state index < -0.39 is 29.8 Å². The summed E-state index contributed by atoms with van der Waals surface area (Å²) >= 11 is 6.26. The van der Waals surface area contributed by atoms with Crippen LogP contribution in [-0.4, -0.2) is 76.2 Å². The molecule has 0 aliphatic heterocycles. The quantitative estimate of drug-likeness (QED) is 0.0777. The topological polar surface area (TPSA) is 211 Å². The number of hydrogen-bond acceptors (Lipinski definition) is 6. The number of rotatable bonds is 12. The van der Waals surface area contributed by atoms with Crippen LogP contribution in [0.5, 0.6) is 5.75 Å². The zero-order valence-electron chi connectivity index (χ0n) is 46.0. The van der Waals surface area contributed by atoms with Gasteiger partial charge in [-0.15, -0.1) is 0 Å². The number of methoxy groups -OCH3 is 1. The average Bonchev–Trinajstić information content (AvgIpc) is 4.26. The molecule has 1 unspecified atom stereocenters. The smallest absolute Gasteiger partial charge is 0.337 e. The van der Waals surface area contributed by atoms with E-state index in [1.54, 1.807) is 54.6 Å². The number of nitrogens with zero attached hydrogens (tertiary/aromatic N) is 3. The van der Waals surface area contributed by atoms with E-state index in [0.717, 1.165) is 110 Å². The van der Waals surface area contributed by atoms with Crippen LogP contribution in [0.25, 0.3) is 27.4 Å². The number of halogens is 1. The summed E-state index contributed by atoms with van der Waals surface area (Å²) in [6.45, 7) is 7.94. The predicted molar refractivity (Wildman–Crippen MR) is 312 cm³/mol. The fraction of sp³-hybridized carbons (Fsp3) is 0.318. The minimum Gasteiger partial charge on any atom is -0.496 e. The molecule has 0 amide bonds. The minimum absolute atomic E-state index is 0.132. The molecule has 5 aromatic carbocycles. The van der Waals surface area contributed by atoms with E-state index in [1.165, 1.54) is 40.6 Å². The van der Waals surface area contributed by atoms with Crippen molar-refractivity contribution in [2.24, 2.45) is 5.92 Å². The van der Waals surface area contributed by atoms with Crippen molar-refractivity contribution in [2.45, 2.75) is 123 Å². The maximum absolute atomic E-state index is 12.0. The van der Waals surface area contributed by atoms with E-state index in [1.807, 2.05) is 48.5 Å². The van der Waals surface area contributed by atoms with E-state index >= 15 is 0 Å². The Morgan fingerprint density at radius 3 is 1.79 bits per heavy atom. The Kier molecular flexibility index (Phi) is 15.9. The second-order valence-electron chi connectivity index (χ2n) is 22.4. The molecule has 0 bridgehead atoms. The number of aromatic carboxylic acids is 4. The highest BCUT2D eigenvalue weighted by molar-refractivity contribution is 6.31. The molecule has 3 heterocycles. The average molecular weight is 1110 g/mol. The second-order valence-corrected chi connectivity index (χ2v) is 22.9. The lowest BCUT2D eigenvalue weighted by molar-refractivity contribution is -0.130. The van der Waals surface area contributed by atoms with Crippen LogP contribution in [0.1, 0.15) is 162 Å². The first-order valence-electron chi connectivity index (χ1n) is 27.7. The number of aryl methyl sites for hydroxylation is 1. The Labute approximate surface area is 474 Å². The van der Waals surface area contributed by atoms with Gasteiger partial charge in [0.1, 0.15) is 5.75 Å². The molecule has 5 N–H and O–H groups in total. The molecule has 3 aromatic heterocycles. The van der Waals surface area contributed by atoms with Gasteiger partial charge >= 0.3 is 29.8 Å². The summed E-state index contributed by atoms with van der Waals surface area (Å²) in [7, 11) is 1.53. The van der Waals surface area contributed by atoms with Crippen molar-refractivity contribution in [3.8, 4) is 5.75 Å². The SMILES string of the molecule is CC1(C)CC=C(C(=O)O)c2c1c1c(n2Cc2ccccc2C(=O)O)CCCC1.CC1CCc2c(c3ccc(Cl)cc3n2Cc2ccccc2C(=O)O)C1.COc1cccc(C(=O)O)c1Cn1c2c(c3cc(C(=O)O)ccc31)CCCC2. The van der Waals surface area contributed by atoms with Crippen molar-refractivity contribution in [2.75, 3.05) is 7.11 Å². The maximum Gasteiger partial charge on any atom is 0.337 e. The van der Waals surface area contributed by atoms with Gasteiger partial charge in [-0.25, -0.2) is 24.0 Å². The number of aliphatic carboxylic acids is 1. The van der Waals surface area contributed by atoms with Crippen molar-refractivity contribution in [1.29, 1.82) is 0 Å². The van der Waals surface area contributed by atoms with Crippen LogP contribution in [0.4, 0.5) is 0 Å². The van der Waals surface area contributed by atoms with Gasteiger partial charge in [-0.2, -0.15) is 0 Å². The number of benzene rings is 5. The van der Waals surface area contributed by atoms with Crippen LogP contribution >= 0.6 is 11.6 Å². The Bertz CT molecular complexity index is 3870. The van der Waals surface area contributed by atoms with Gasteiger partial charge in [0.2, 0.25) is 0 Å². The summed E-state index contributed by atoms with van der Waals surface area (Å²) in [6.07, 6.45) is 13.8. The van der Waals surface area contributed by atoms with Crippen molar-refractivity contribution < 1.29 is 54.2 Å². The molecule has 0 spiro atoms. The fourth-order valence-corrected chi connectivity index (χ4v) is 13.2. The van der Waals surface area contributed by atoms with Crippen molar-refractivity contribution in [3.63, 3.8) is 0 Å². The molecular formula is C66H66ClN3O11. The molecule has 4 aliphatic carbocycles. The van der Waals surface area contributed by atoms with E-state index in [9.17, 15) is 49.5 Å². The molecule has 418 valence electrons. The number of fused-ring (bicyclic) bond motifs is 9. The lowest BCUT2D eigenvalue weighted by Gasteiger charge is -2.31. The lowest BCUT2D eigenvalue weighted by atomic mass is 9.73. The number of carboxylic acids is 5. The van der Waals surface area contributed by atoms with Gasteiger partial charge in [-0.3, -0.25) is 0 Å². The highest BCUT2D eigenvalue weighted by Gasteiger charge is 2.39. The largest absolute Gasteiger partial charge is 0.496 e. The first-order chi connectivity index (χ1) is 38.9. The summed E-state index contributed by atoms with van der Waals surface area (Å²) in [5.74, 6) is -3.49. The predicted octanol–water partition coefficient (Wildman–Crippen LogP) is 13.4. The van der Waals surface area contributed by atoms with Crippen LogP contribution in [0.3, 0.4) is 0 Å². The van der Waals surface area contributed by atoms with Crippen molar-refractivity contribution in [3.05, 3.63) is 198 Å². The van der Waals surface area contributed by atoms with Gasteiger partial charge in [0.05, 0.1) is 52.7 Å². The third-order valence-corrected chi connectivity index (χ3v) is 17.1. The summed E-state index contributed by atoms with van der Waals surface area (Å²) in [4.78, 5) is 58.5. The molecule has 12 rings (SSSR count). The van der Waals surface area contributed by atoms with Gasteiger partial charge in [0.25, 0.3) is 0 Å². The number of hydrogen-bond donors (Lipinski definition) is 5. The molecule has 0 saturated carbocycles. The van der Waals surface area contributed by atoms with E-state index in [4.69, 9.17) is 16.3 Å². The zero-order valence-corrected chi connectivity index (χ0v) is 46.7. The van der Waals surface area contributed by atoms with Gasteiger partial charge in [0.15, 0.2) is 0 Å². The summed E-state index contributed by atoms with van der Waals surface area (Å²) < 4.78 is 11.9. The van der Waals surface area contributed by atoms with E-state index in [-0.39, 0.29) is 22.1 Å². The summed E-state index contributed by atoms with van der Waals surface area (Å²) in [5, 5.41) is 50.9. The van der Waals surface area contributed by atoms with Crippen LogP contribution in [0.15, 0.2) is 109 Å². The Hall–Kier alpha value is -8.36. The van der Waals surface area contributed by atoms with Gasteiger partial charge in [-0.1, -0.05) is 87.0 Å². The lowest BCUT2D eigenvalue weighted by Crippen LogP contribution is -2.25. The van der Waals surface area contributed by atoms with Crippen LogP contribution < -0.4 is 4.74 Å². The normalized spacial score (nSPS) is 15.8. The number of allylic oxidation sites excluding steroid dienone is 1. The highest BCUT2D eigenvalue weighted by Crippen LogP contribution is 2.46. The first-order valence-corrected chi connectivity index (χ1v) is 28.1. The second kappa shape index (κ2) is 23.0. The summed E-state index contributed by atoms with van der Waals surface area (Å²) in [6, 6.07) is 30.5. The molecule has 0 saturated heterocycles. The van der Waals surface area contributed by atoms with E-state index in [2.05, 4.69) is 40.5 Å². The van der Waals surface area contributed by atoms with Crippen molar-refractivity contribution >= 4 is 68.8 Å². The van der Waals surface area contributed by atoms with Gasteiger partial charge in [0, 0.05) is 57.0 Å². The zero-order chi connectivity index (χ0) is 57.4. The first kappa shape index (κ1) is 55.9. The molecule has 1 atom stereocenters. The molecule has 0 radical (unpaired) electrons. The molecule has 8 aromatic rings. The molecule has 81 heavy (non-hydrogen) atoms. The molecular weight excluding hydrogens is 1050 g/mol. The molecule has 0 fully saturated rings. The molecule has 14 nitrogen and oxygen atoms in total. The highest BCUT2D eigenvalue weighted by atomic mass is 35.5. The standard InChI is InChI=1S/C23H25NO4.C22H21NO5.C21H20ClNO2/c1-23(2)12-11-17(22(27)28)20-19(23)16-9-5-6-10-18(16)24(20)13-14-7-3-4-8-15(14)21(25)26;1-28-20-8-4-6-15(22(26)27)17(20)12-23-18-7-3-2-5-14(18)16-11-13(21(24)25)9-10-19(16)23;1-13-6-9-19-18(10-13)17-8-7-15(22)11-20(17)23(19)12-14-4-2-3-5-16(14)21(24)25/h3-4,7-8,11H,5-6,9-10,12-13H2,1-2H3,(H,25,26)(H,27,28);4,6,8-11H,2-3,5,7,12H2,1H3,(H,24,25)(H,26,27);2-5,7-8,11,13H,6,9-10,12H2,1H3,(H,24,25). The number of carbonyl (C=O) groups is 5. The number of aromatic nitrogens is 3. The molecule has 4 aliphatic rings. The van der Waals surface area contributed by atoms with Crippen LogP contribution in [0.2, 0.25) is 5.02 Å². The number of ether oxygens (including phenoxy) is 1. The Morgan fingerprint density at radius 2 is 1.16 bits per heavy atom. The van der Waals surface area contributed by atoms with Gasteiger partial charge in [-0.05, 0) is 176 Å². The van der Waals surface area contributed by atoms with Gasteiger partial charge < -0.3 is 44.0 Å². The third-order valence-electron chi connectivity index (χ3n) is 16.9. The summed E-state index contributed by atoms with van der Waals surface area (Å²) in [5.41, 5.74) is 15.0. The Morgan fingerprint density at radius 1 is 0.580 bits per heavy atom. The molecule has 15 heteroatoms. The van der Waals surface area contributed by atoms with Crippen molar-refractivity contribution in [1.82, 2.24) is 13.7 Å². The third kappa shape index (κ3) is 10.9. The number of carboxylic acid groups (broad SMARTS) is 5. The Balaban J connectivity index is 0.000000137. The minimum atomic E-state index is -0.993. The van der Waals surface area contributed by atoms with E-state index in [0.29, 0.717) is 65.0 Å². The maximum atomic E-state index is 12.0.